The lowest BCUT2D eigenvalue weighted by molar-refractivity contribution is 0.474. The molecule has 0 radical (unpaired) electrons. The summed E-state index contributed by atoms with van der Waals surface area (Å²) in [7, 11) is 0. The molecule has 1 unspecified atom stereocenters. The second-order valence-electron chi connectivity index (χ2n) is 4.80. The molecule has 0 spiro atoms. The molecule has 2 aromatic carbocycles. The average Bonchev–Trinajstić information content (AvgIpc) is 2.43. The Hall–Kier alpha value is -1.32. The van der Waals surface area contributed by atoms with Crippen LogP contribution in [0.2, 0.25) is 0 Å². The number of phenolic OH excluding ortho intramolecular Hbond substituents is 1. The van der Waals surface area contributed by atoms with E-state index < -0.39 is 0 Å². The Morgan fingerprint density at radius 2 is 1.37 bits per heavy atom. The van der Waals surface area contributed by atoms with Crippen LogP contribution in [0.15, 0.2) is 53.0 Å². The van der Waals surface area contributed by atoms with Crippen LogP contribution in [-0.2, 0) is 12.8 Å². The zero-order chi connectivity index (χ0) is 13.7. The summed E-state index contributed by atoms with van der Waals surface area (Å²) in [6, 6.07) is 15.7. The van der Waals surface area contributed by atoms with Gasteiger partial charge in [-0.05, 0) is 60.7 Å². The fourth-order valence-corrected chi connectivity index (χ4v) is 2.42. The van der Waals surface area contributed by atoms with E-state index in [-0.39, 0.29) is 0 Å². The number of benzene rings is 2. The first-order valence-electron chi connectivity index (χ1n) is 6.40. The van der Waals surface area contributed by atoms with Gasteiger partial charge in [0.25, 0.3) is 0 Å². The first kappa shape index (κ1) is 14.1. The van der Waals surface area contributed by atoms with E-state index in [0.29, 0.717) is 18.2 Å². The lowest BCUT2D eigenvalue weighted by atomic mass is 9.93. The zero-order valence-corrected chi connectivity index (χ0v) is 12.3. The van der Waals surface area contributed by atoms with Crippen LogP contribution < -0.4 is 5.73 Å². The third-order valence-electron chi connectivity index (χ3n) is 3.23. The molecular formula is C16H18BrNO. The quantitative estimate of drug-likeness (QED) is 0.885. The Kier molecular flexibility index (Phi) is 5.00. The fraction of sp³-hybridized carbons (Fsp3) is 0.250. The second-order valence-corrected chi connectivity index (χ2v) is 5.72. The van der Waals surface area contributed by atoms with Crippen molar-refractivity contribution in [1.29, 1.82) is 0 Å². The van der Waals surface area contributed by atoms with E-state index in [1.54, 1.807) is 12.1 Å². The van der Waals surface area contributed by atoms with Crippen LogP contribution in [0.3, 0.4) is 0 Å². The number of phenols is 1. The van der Waals surface area contributed by atoms with Crippen molar-refractivity contribution in [3.05, 3.63) is 64.1 Å². The highest BCUT2D eigenvalue weighted by molar-refractivity contribution is 9.10. The second kappa shape index (κ2) is 6.73. The maximum absolute atomic E-state index is 9.28. The van der Waals surface area contributed by atoms with Gasteiger partial charge in [-0.25, -0.2) is 0 Å². The number of aromatic hydroxyl groups is 1. The number of nitrogens with two attached hydrogens (primary N) is 1. The van der Waals surface area contributed by atoms with E-state index in [1.807, 2.05) is 12.1 Å². The fourth-order valence-electron chi connectivity index (χ4n) is 2.16. The third-order valence-corrected chi connectivity index (χ3v) is 3.76. The monoisotopic (exact) mass is 319 g/mol. The molecular weight excluding hydrogens is 302 g/mol. The number of rotatable bonds is 5. The van der Waals surface area contributed by atoms with Crippen molar-refractivity contribution in [2.75, 3.05) is 6.54 Å². The van der Waals surface area contributed by atoms with E-state index in [2.05, 4.69) is 40.2 Å². The molecule has 2 rings (SSSR count). The maximum Gasteiger partial charge on any atom is 0.115 e. The standard InChI is InChI=1S/C16H18BrNO/c17-15-5-1-12(2-6-15)9-14(11-18)10-13-3-7-16(19)8-4-13/h1-8,14,19H,9-11,18H2. The lowest BCUT2D eigenvalue weighted by Gasteiger charge is -2.15. The summed E-state index contributed by atoms with van der Waals surface area (Å²) >= 11 is 3.44. The molecule has 0 saturated carbocycles. The maximum atomic E-state index is 9.28. The Labute approximate surface area is 122 Å². The van der Waals surface area contributed by atoms with Gasteiger partial charge in [0.15, 0.2) is 0 Å². The van der Waals surface area contributed by atoms with Crippen LogP contribution in [0.4, 0.5) is 0 Å². The molecule has 2 aromatic rings. The number of halogens is 1. The summed E-state index contributed by atoms with van der Waals surface area (Å²) in [6.45, 7) is 0.664. The van der Waals surface area contributed by atoms with Crippen molar-refractivity contribution in [2.24, 2.45) is 11.7 Å². The highest BCUT2D eigenvalue weighted by Crippen LogP contribution is 2.18. The number of hydrogen-bond donors (Lipinski definition) is 2. The third kappa shape index (κ3) is 4.37. The van der Waals surface area contributed by atoms with Gasteiger partial charge < -0.3 is 10.8 Å². The zero-order valence-electron chi connectivity index (χ0n) is 10.7. The first-order valence-corrected chi connectivity index (χ1v) is 7.19. The molecule has 0 bridgehead atoms. The van der Waals surface area contributed by atoms with Crippen LogP contribution in [-0.4, -0.2) is 11.7 Å². The molecule has 2 nitrogen and oxygen atoms in total. The van der Waals surface area contributed by atoms with Gasteiger partial charge in [-0.3, -0.25) is 0 Å². The van der Waals surface area contributed by atoms with Crippen molar-refractivity contribution in [2.45, 2.75) is 12.8 Å². The molecule has 3 heteroatoms. The van der Waals surface area contributed by atoms with Crippen LogP contribution >= 0.6 is 15.9 Å². The smallest absolute Gasteiger partial charge is 0.115 e. The van der Waals surface area contributed by atoms with Crippen LogP contribution in [0.25, 0.3) is 0 Å². The van der Waals surface area contributed by atoms with Gasteiger partial charge in [0.2, 0.25) is 0 Å². The predicted molar refractivity (Wildman–Crippen MR) is 82.2 cm³/mol. The van der Waals surface area contributed by atoms with Gasteiger partial charge in [0, 0.05) is 4.47 Å². The molecule has 1 atom stereocenters. The topological polar surface area (TPSA) is 46.2 Å². The molecule has 19 heavy (non-hydrogen) atoms. The molecule has 0 heterocycles. The summed E-state index contributed by atoms with van der Waals surface area (Å²) in [4.78, 5) is 0. The highest BCUT2D eigenvalue weighted by Gasteiger charge is 2.09. The van der Waals surface area contributed by atoms with Gasteiger partial charge in [-0.15, -0.1) is 0 Å². The predicted octanol–water partition coefficient (Wildman–Crippen LogP) is 3.51. The van der Waals surface area contributed by atoms with Crippen LogP contribution in [0.5, 0.6) is 5.75 Å². The van der Waals surface area contributed by atoms with Crippen LogP contribution in [0, 0.1) is 5.92 Å². The van der Waals surface area contributed by atoms with Crippen molar-refractivity contribution >= 4 is 15.9 Å². The van der Waals surface area contributed by atoms with Gasteiger partial charge >= 0.3 is 0 Å². The summed E-state index contributed by atoms with van der Waals surface area (Å²) in [6.07, 6.45) is 1.91. The Bertz CT molecular complexity index is 460. The normalized spacial score (nSPS) is 12.3. The average molecular weight is 320 g/mol. The van der Waals surface area contributed by atoms with Gasteiger partial charge in [-0.2, -0.15) is 0 Å². The van der Waals surface area contributed by atoms with Crippen molar-refractivity contribution in [3.63, 3.8) is 0 Å². The molecule has 0 aromatic heterocycles. The van der Waals surface area contributed by atoms with E-state index in [1.165, 1.54) is 11.1 Å². The minimum absolute atomic E-state index is 0.306. The molecule has 0 aliphatic carbocycles. The van der Waals surface area contributed by atoms with E-state index in [4.69, 9.17) is 5.73 Å². The largest absolute Gasteiger partial charge is 0.508 e. The van der Waals surface area contributed by atoms with E-state index in [9.17, 15) is 5.11 Å². The van der Waals surface area contributed by atoms with E-state index >= 15 is 0 Å². The number of hydrogen-bond acceptors (Lipinski definition) is 2. The van der Waals surface area contributed by atoms with Crippen molar-refractivity contribution in [1.82, 2.24) is 0 Å². The molecule has 3 N–H and O–H groups in total. The molecule has 0 aliphatic rings. The molecule has 0 saturated heterocycles. The van der Waals surface area contributed by atoms with Gasteiger partial charge in [0.05, 0.1) is 0 Å². The Balaban J connectivity index is 2.00. The van der Waals surface area contributed by atoms with Gasteiger partial charge in [-0.1, -0.05) is 40.2 Å². The SMILES string of the molecule is NCC(Cc1ccc(O)cc1)Cc1ccc(Br)cc1. The van der Waals surface area contributed by atoms with Crippen molar-refractivity contribution in [3.8, 4) is 5.75 Å². The summed E-state index contributed by atoms with van der Waals surface area (Å²) in [5.74, 6) is 0.728. The minimum atomic E-state index is 0.306. The molecule has 100 valence electrons. The first-order chi connectivity index (χ1) is 9.17. The summed E-state index contributed by atoms with van der Waals surface area (Å²) < 4.78 is 1.10. The van der Waals surface area contributed by atoms with E-state index in [0.717, 1.165) is 17.3 Å². The molecule has 0 amide bonds. The Morgan fingerprint density at radius 1 is 0.895 bits per heavy atom. The highest BCUT2D eigenvalue weighted by atomic mass is 79.9. The molecule has 0 aliphatic heterocycles. The molecule has 0 fully saturated rings. The minimum Gasteiger partial charge on any atom is -0.508 e. The van der Waals surface area contributed by atoms with Gasteiger partial charge in [0.1, 0.15) is 5.75 Å². The Morgan fingerprint density at radius 3 is 1.84 bits per heavy atom. The summed E-state index contributed by atoms with van der Waals surface area (Å²) in [5.41, 5.74) is 8.39. The van der Waals surface area contributed by atoms with Crippen molar-refractivity contribution < 1.29 is 5.11 Å². The van der Waals surface area contributed by atoms with Crippen LogP contribution in [0.1, 0.15) is 11.1 Å². The lowest BCUT2D eigenvalue weighted by Crippen LogP contribution is -2.19. The summed E-state index contributed by atoms with van der Waals surface area (Å²) in [5, 5.41) is 9.28.